The number of aromatic nitrogens is 3. The quantitative estimate of drug-likeness (QED) is 0.800. The van der Waals surface area contributed by atoms with E-state index >= 15 is 0 Å². The Bertz CT molecular complexity index is 792. The molecule has 7 heteroatoms. The zero-order valence-corrected chi connectivity index (χ0v) is 13.0. The molecule has 0 saturated heterocycles. The minimum atomic E-state index is -0.151. The van der Waals surface area contributed by atoms with Crippen molar-refractivity contribution >= 4 is 17.2 Å². The van der Waals surface area contributed by atoms with Gasteiger partial charge in [0.25, 0.3) is 5.89 Å². The minimum Gasteiger partial charge on any atom is -0.359 e. The van der Waals surface area contributed by atoms with Crippen molar-refractivity contribution in [2.24, 2.45) is 0 Å². The van der Waals surface area contributed by atoms with Crippen LogP contribution in [0.3, 0.4) is 0 Å². The molecule has 0 radical (unpaired) electrons. The lowest BCUT2D eigenvalue weighted by molar-refractivity contribution is -0.120. The molecule has 22 heavy (non-hydrogen) atoms. The van der Waals surface area contributed by atoms with Gasteiger partial charge in [-0.3, -0.25) is 4.79 Å². The van der Waals surface area contributed by atoms with Crippen LogP contribution in [-0.2, 0) is 11.2 Å². The van der Waals surface area contributed by atoms with E-state index in [0.717, 1.165) is 21.8 Å². The fraction of sp³-hybridized carbons (Fsp3) is 0.200. The van der Waals surface area contributed by atoms with Gasteiger partial charge in [-0.25, -0.2) is 4.98 Å². The molecule has 1 amide bonds. The number of likely N-dealkylation sites (N-methyl/N-ethyl adjacent to an activating group) is 1. The van der Waals surface area contributed by atoms with Crippen LogP contribution in [0.25, 0.3) is 22.7 Å². The van der Waals surface area contributed by atoms with E-state index in [1.807, 2.05) is 36.6 Å². The van der Waals surface area contributed by atoms with Crippen LogP contribution in [0.2, 0.25) is 0 Å². The molecule has 0 aliphatic carbocycles. The van der Waals surface area contributed by atoms with E-state index in [9.17, 15) is 4.79 Å². The van der Waals surface area contributed by atoms with Crippen LogP contribution < -0.4 is 5.32 Å². The van der Waals surface area contributed by atoms with Gasteiger partial charge in [0, 0.05) is 23.6 Å². The summed E-state index contributed by atoms with van der Waals surface area (Å²) in [6.45, 7) is 1.98. The number of benzene rings is 1. The second-order valence-electron chi connectivity index (χ2n) is 4.69. The lowest BCUT2D eigenvalue weighted by Gasteiger charge is -1.98. The number of carbonyl (C=O) groups excluding carboxylic acids is 1. The number of nitrogens with one attached hydrogen (secondary N) is 1. The predicted molar refractivity (Wildman–Crippen MR) is 83.3 cm³/mol. The number of amides is 1. The molecule has 0 atom stereocenters. The fourth-order valence-electron chi connectivity index (χ4n) is 1.95. The summed E-state index contributed by atoms with van der Waals surface area (Å²) in [7, 11) is 1.57. The average Bonchev–Trinajstić information content (AvgIpc) is 3.16. The molecule has 0 fully saturated rings. The minimum absolute atomic E-state index is 0.107. The molecule has 2 heterocycles. The lowest BCUT2D eigenvalue weighted by atomic mass is 10.1. The normalized spacial score (nSPS) is 10.6. The first-order valence-electron chi connectivity index (χ1n) is 6.72. The third-order valence-corrected chi connectivity index (χ3v) is 3.89. The van der Waals surface area contributed by atoms with Gasteiger partial charge in [0.15, 0.2) is 5.82 Å². The van der Waals surface area contributed by atoms with Crippen LogP contribution in [0, 0.1) is 6.92 Å². The predicted octanol–water partition coefficient (Wildman–Crippen LogP) is 2.46. The summed E-state index contributed by atoms with van der Waals surface area (Å²) < 4.78 is 5.19. The van der Waals surface area contributed by atoms with Crippen molar-refractivity contribution < 1.29 is 9.32 Å². The van der Waals surface area contributed by atoms with Gasteiger partial charge >= 0.3 is 0 Å². The fourth-order valence-corrected chi connectivity index (χ4v) is 2.58. The molecule has 3 rings (SSSR count). The number of hydrogen-bond donors (Lipinski definition) is 1. The molecule has 0 unspecified atom stereocenters. The second-order valence-corrected chi connectivity index (χ2v) is 5.76. The molecule has 112 valence electrons. The van der Waals surface area contributed by atoms with E-state index in [0.29, 0.717) is 11.7 Å². The average molecular weight is 314 g/mol. The van der Waals surface area contributed by atoms with Crippen LogP contribution >= 0.6 is 11.3 Å². The summed E-state index contributed by atoms with van der Waals surface area (Å²) in [5, 5.41) is 9.39. The van der Waals surface area contributed by atoms with Gasteiger partial charge in [-0.15, -0.1) is 11.3 Å². The van der Waals surface area contributed by atoms with Gasteiger partial charge in [-0.2, -0.15) is 4.98 Å². The summed E-state index contributed by atoms with van der Waals surface area (Å²) in [4.78, 5) is 20.0. The first-order valence-corrected chi connectivity index (χ1v) is 7.60. The van der Waals surface area contributed by atoms with Crippen molar-refractivity contribution in [3.63, 3.8) is 0 Å². The molecule has 3 aromatic rings. The maximum absolute atomic E-state index is 11.3. The molecule has 0 aliphatic heterocycles. The Morgan fingerprint density at radius 2 is 1.95 bits per heavy atom. The lowest BCUT2D eigenvalue weighted by Crippen LogP contribution is -2.20. The molecule has 0 aliphatic rings. The monoisotopic (exact) mass is 314 g/mol. The van der Waals surface area contributed by atoms with E-state index < -0.39 is 0 Å². The first-order chi connectivity index (χ1) is 10.7. The van der Waals surface area contributed by atoms with Crippen molar-refractivity contribution in [2.45, 2.75) is 13.3 Å². The molecular formula is C15H14N4O2S. The van der Waals surface area contributed by atoms with E-state index in [1.165, 1.54) is 0 Å². The van der Waals surface area contributed by atoms with Crippen LogP contribution in [0.5, 0.6) is 0 Å². The van der Waals surface area contributed by atoms with Crippen LogP contribution in [-0.4, -0.2) is 28.1 Å². The number of carbonyl (C=O) groups is 1. The Balaban J connectivity index is 1.79. The molecule has 2 aromatic heterocycles. The van der Waals surface area contributed by atoms with Gasteiger partial charge < -0.3 is 9.84 Å². The van der Waals surface area contributed by atoms with E-state index in [2.05, 4.69) is 20.4 Å². The Morgan fingerprint density at radius 3 is 2.59 bits per heavy atom. The maximum Gasteiger partial charge on any atom is 0.257 e. The Kier molecular flexibility index (Phi) is 3.97. The molecule has 0 saturated carbocycles. The zero-order chi connectivity index (χ0) is 15.5. The topological polar surface area (TPSA) is 80.9 Å². The van der Waals surface area contributed by atoms with Gasteiger partial charge in [-0.1, -0.05) is 17.3 Å². The van der Waals surface area contributed by atoms with E-state index in [4.69, 9.17) is 4.52 Å². The number of hydrogen-bond acceptors (Lipinski definition) is 6. The number of rotatable bonds is 4. The first kappa shape index (κ1) is 14.4. The molecule has 0 bridgehead atoms. The van der Waals surface area contributed by atoms with Crippen LogP contribution in [0.1, 0.15) is 10.8 Å². The zero-order valence-electron chi connectivity index (χ0n) is 12.2. The smallest absolute Gasteiger partial charge is 0.257 e. The second kappa shape index (κ2) is 6.07. The highest BCUT2D eigenvalue weighted by atomic mass is 32.1. The van der Waals surface area contributed by atoms with Crippen molar-refractivity contribution in [1.29, 1.82) is 0 Å². The van der Waals surface area contributed by atoms with Crippen LogP contribution in [0.15, 0.2) is 34.2 Å². The Hall–Kier alpha value is -2.54. The van der Waals surface area contributed by atoms with E-state index in [-0.39, 0.29) is 12.3 Å². The van der Waals surface area contributed by atoms with Gasteiger partial charge in [0.05, 0.1) is 17.1 Å². The highest BCUT2D eigenvalue weighted by Gasteiger charge is 2.12. The third-order valence-electron chi connectivity index (χ3n) is 3.11. The van der Waals surface area contributed by atoms with Gasteiger partial charge in [0.1, 0.15) is 0 Å². The maximum atomic E-state index is 11.3. The molecule has 1 aromatic carbocycles. The standard InChI is InChI=1S/C15H14N4O2S/c1-9-17-12(8-22-9)10-3-5-11(6-4-10)15-18-13(19-21-15)7-14(20)16-2/h3-6,8H,7H2,1-2H3,(H,16,20). The van der Waals surface area contributed by atoms with Crippen molar-refractivity contribution in [1.82, 2.24) is 20.4 Å². The Labute approximate surface area is 131 Å². The number of nitrogens with zero attached hydrogens (tertiary/aromatic N) is 3. The van der Waals surface area contributed by atoms with Crippen molar-refractivity contribution in [3.8, 4) is 22.7 Å². The molecule has 1 N–H and O–H groups in total. The largest absolute Gasteiger partial charge is 0.359 e. The van der Waals surface area contributed by atoms with Crippen LogP contribution in [0.4, 0.5) is 0 Å². The number of thiazole rings is 1. The van der Waals surface area contributed by atoms with Gasteiger partial charge in [0.2, 0.25) is 5.91 Å². The van der Waals surface area contributed by atoms with Gasteiger partial charge in [-0.05, 0) is 19.1 Å². The summed E-state index contributed by atoms with van der Waals surface area (Å²) in [6, 6.07) is 7.74. The highest BCUT2D eigenvalue weighted by Crippen LogP contribution is 2.25. The highest BCUT2D eigenvalue weighted by molar-refractivity contribution is 7.09. The Morgan fingerprint density at radius 1 is 1.23 bits per heavy atom. The third kappa shape index (κ3) is 3.04. The summed E-state index contributed by atoms with van der Waals surface area (Å²) in [5.41, 5.74) is 2.81. The summed E-state index contributed by atoms with van der Waals surface area (Å²) in [5.74, 6) is 0.620. The van der Waals surface area contributed by atoms with E-state index in [1.54, 1.807) is 18.4 Å². The van der Waals surface area contributed by atoms with Crippen molar-refractivity contribution in [2.75, 3.05) is 7.05 Å². The molecule has 0 spiro atoms. The molecule has 6 nitrogen and oxygen atoms in total. The summed E-state index contributed by atoms with van der Waals surface area (Å²) in [6.07, 6.45) is 0.107. The number of aryl methyl sites for hydroxylation is 1. The van der Waals surface area contributed by atoms with Crippen molar-refractivity contribution in [3.05, 3.63) is 40.5 Å². The summed E-state index contributed by atoms with van der Waals surface area (Å²) >= 11 is 1.62. The molecular weight excluding hydrogens is 300 g/mol. The SMILES string of the molecule is CNC(=O)Cc1noc(-c2ccc(-c3csc(C)n3)cc2)n1.